The first-order valence-corrected chi connectivity index (χ1v) is 9.13. The van der Waals surface area contributed by atoms with Crippen molar-refractivity contribution in [1.29, 1.82) is 0 Å². The number of benzene rings is 2. The lowest BCUT2D eigenvalue weighted by molar-refractivity contribution is -0.115. The number of rotatable bonds is 5. The third-order valence-corrected chi connectivity index (χ3v) is 4.94. The van der Waals surface area contributed by atoms with E-state index in [1.807, 2.05) is 35.7 Å². The van der Waals surface area contributed by atoms with Gasteiger partial charge in [-0.15, -0.1) is 11.3 Å². The van der Waals surface area contributed by atoms with Gasteiger partial charge in [-0.3, -0.25) is 4.79 Å². The highest BCUT2D eigenvalue weighted by Gasteiger charge is 2.22. The summed E-state index contributed by atoms with van der Waals surface area (Å²) in [5, 5.41) is 5.77. The molecule has 0 fully saturated rings. The number of carbonyl (C=O) groups is 2. The lowest BCUT2D eigenvalue weighted by Gasteiger charge is -2.08. The predicted molar refractivity (Wildman–Crippen MR) is 105 cm³/mol. The summed E-state index contributed by atoms with van der Waals surface area (Å²) >= 11 is 7.16. The number of amides is 1. The van der Waals surface area contributed by atoms with E-state index in [1.54, 1.807) is 24.3 Å². The van der Waals surface area contributed by atoms with Gasteiger partial charge in [-0.2, -0.15) is 0 Å². The number of anilines is 1. The number of carbonyl (C=O) groups excluding carboxylic acids is 2. The van der Waals surface area contributed by atoms with Crippen molar-refractivity contribution in [2.75, 3.05) is 12.4 Å². The average Bonchev–Trinajstić information content (AvgIpc) is 3.07. The molecule has 1 aromatic heterocycles. The van der Waals surface area contributed by atoms with E-state index >= 15 is 0 Å². The van der Waals surface area contributed by atoms with E-state index in [0.29, 0.717) is 15.6 Å². The quantitative estimate of drug-likeness (QED) is 0.626. The second-order valence-electron chi connectivity index (χ2n) is 5.56. The van der Waals surface area contributed by atoms with Gasteiger partial charge in [0.1, 0.15) is 10.6 Å². The Bertz CT molecular complexity index is 920. The second-order valence-corrected chi connectivity index (χ2v) is 6.88. The van der Waals surface area contributed by atoms with Crippen molar-refractivity contribution in [3.05, 3.63) is 76.1 Å². The summed E-state index contributed by atoms with van der Waals surface area (Å²) in [4.78, 5) is 24.7. The molecule has 4 nitrogen and oxygen atoms in total. The molecule has 3 aromatic rings. The molecular formula is C20H16ClNO3S. The Balaban J connectivity index is 1.85. The Morgan fingerprint density at radius 3 is 2.42 bits per heavy atom. The number of ether oxygens (including phenoxy) is 1. The summed E-state index contributed by atoms with van der Waals surface area (Å²) in [6.07, 6.45) is 0.191. The van der Waals surface area contributed by atoms with Gasteiger partial charge in [-0.25, -0.2) is 4.79 Å². The van der Waals surface area contributed by atoms with Crippen molar-refractivity contribution < 1.29 is 14.3 Å². The van der Waals surface area contributed by atoms with Crippen LogP contribution in [0.2, 0.25) is 5.02 Å². The summed E-state index contributed by atoms with van der Waals surface area (Å²) in [5.74, 6) is -0.689. The van der Waals surface area contributed by atoms with E-state index in [4.69, 9.17) is 16.3 Å². The molecule has 6 heteroatoms. The van der Waals surface area contributed by atoms with E-state index in [9.17, 15) is 9.59 Å². The van der Waals surface area contributed by atoms with Crippen molar-refractivity contribution in [2.45, 2.75) is 6.42 Å². The highest BCUT2D eigenvalue weighted by atomic mass is 35.5. The van der Waals surface area contributed by atoms with E-state index in [2.05, 4.69) is 5.32 Å². The van der Waals surface area contributed by atoms with Crippen LogP contribution in [0.5, 0.6) is 0 Å². The lowest BCUT2D eigenvalue weighted by Crippen LogP contribution is -2.16. The van der Waals surface area contributed by atoms with Gasteiger partial charge in [-0.1, -0.05) is 54.1 Å². The normalized spacial score (nSPS) is 10.4. The molecule has 0 bridgehead atoms. The van der Waals surface area contributed by atoms with E-state index < -0.39 is 5.97 Å². The topological polar surface area (TPSA) is 55.4 Å². The summed E-state index contributed by atoms with van der Waals surface area (Å²) in [6, 6.07) is 16.6. The van der Waals surface area contributed by atoms with Crippen LogP contribution in [0.4, 0.5) is 5.00 Å². The van der Waals surface area contributed by atoms with E-state index in [-0.39, 0.29) is 12.3 Å². The number of hydrogen-bond donors (Lipinski definition) is 1. The summed E-state index contributed by atoms with van der Waals surface area (Å²) < 4.78 is 4.91. The molecule has 1 N–H and O–H groups in total. The lowest BCUT2D eigenvalue weighted by atomic mass is 10.0. The number of methoxy groups -OCH3 is 1. The number of thiophene rings is 1. The monoisotopic (exact) mass is 385 g/mol. The van der Waals surface area contributed by atoms with Crippen LogP contribution in [0.3, 0.4) is 0 Å². The van der Waals surface area contributed by atoms with Crippen LogP contribution in [-0.4, -0.2) is 19.0 Å². The zero-order valence-corrected chi connectivity index (χ0v) is 15.6. The Hall–Kier alpha value is -2.63. The van der Waals surface area contributed by atoms with Gasteiger partial charge in [-0.05, 0) is 23.3 Å². The minimum atomic E-state index is -0.480. The highest BCUT2D eigenvalue weighted by molar-refractivity contribution is 7.15. The van der Waals surface area contributed by atoms with Crippen LogP contribution < -0.4 is 5.32 Å². The molecule has 132 valence electrons. The SMILES string of the molecule is COC(=O)c1c(-c2ccccc2)csc1NC(=O)Cc1ccc(Cl)cc1. The largest absolute Gasteiger partial charge is 0.465 e. The van der Waals surface area contributed by atoms with Crippen LogP contribution in [0.15, 0.2) is 60.0 Å². The third kappa shape index (κ3) is 4.12. The minimum absolute atomic E-state index is 0.191. The Labute approximate surface area is 160 Å². The molecule has 0 radical (unpaired) electrons. The fourth-order valence-electron chi connectivity index (χ4n) is 2.54. The molecule has 0 aliphatic carbocycles. The molecule has 0 atom stereocenters. The van der Waals surface area contributed by atoms with Crippen molar-refractivity contribution in [3.63, 3.8) is 0 Å². The van der Waals surface area contributed by atoms with Crippen molar-refractivity contribution in [2.24, 2.45) is 0 Å². The minimum Gasteiger partial charge on any atom is -0.465 e. The molecule has 0 aliphatic rings. The number of nitrogens with one attached hydrogen (secondary N) is 1. The third-order valence-electron chi connectivity index (χ3n) is 3.80. The molecule has 0 saturated carbocycles. The Kier molecular flexibility index (Phi) is 5.71. The van der Waals surface area contributed by atoms with Crippen LogP contribution in [-0.2, 0) is 16.0 Å². The van der Waals surface area contributed by atoms with E-state index in [1.165, 1.54) is 18.4 Å². The Morgan fingerprint density at radius 1 is 1.08 bits per heavy atom. The maximum Gasteiger partial charge on any atom is 0.341 e. The van der Waals surface area contributed by atoms with Crippen LogP contribution >= 0.6 is 22.9 Å². The molecule has 2 aromatic carbocycles. The van der Waals surface area contributed by atoms with Crippen LogP contribution in [0.25, 0.3) is 11.1 Å². The molecular weight excluding hydrogens is 370 g/mol. The average molecular weight is 386 g/mol. The summed E-state index contributed by atoms with van der Waals surface area (Å²) in [7, 11) is 1.33. The summed E-state index contributed by atoms with van der Waals surface area (Å²) in [6.45, 7) is 0. The van der Waals surface area contributed by atoms with Crippen LogP contribution in [0, 0.1) is 0 Å². The maximum absolute atomic E-state index is 12.4. The summed E-state index contributed by atoms with van der Waals surface area (Å²) in [5.41, 5.74) is 2.84. The van der Waals surface area contributed by atoms with Gasteiger partial charge in [0, 0.05) is 16.0 Å². The maximum atomic E-state index is 12.4. The van der Waals surface area contributed by atoms with Gasteiger partial charge < -0.3 is 10.1 Å². The molecule has 0 aliphatic heterocycles. The van der Waals surface area contributed by atoms with Crippen molar-refractivity contribution >= 4 is 39.8 Å². The first kappa shape index (κ1) is 18.2. The fourth-order valence-corrected chi connectivity index (χ4v) is 3.64. The zero-order valence-electron chi connectivity index (χ0n) is 14.0. The van der Waals surface area contributed by atoms with Crippen molar-refractivity contribution in [3.8, 4) is 11.1 Å². The Morgan fingerprint density at radius 2 is 1.77 bits per heavy atom. The molecule has 1 amide bonds. The second kappa shape index (κ2) is 8.17. The molecule has 0 unspecified atom stereocenters. The van der Waals surface area contributed by atoms with Crippen molar-refractivity contribution in [1.82, 2.24) is 0 Å². The first-order chi connectivity index (χ1) is 12.6. The van der Waals surface area contributed by atoms with Gasteiger partial charge in [0.25, 0.3) is 0 Å². The smallest absolute Gasteiger partial charge is 0.341 e. The fraction of sp³-hybridized carbons (Fsp3) is 0.100. The standard InChI is InChI=1S/C20H16ClNO3S/c1-25-20(24)18-16(14-5-3-2-4-6-14)12-26-19(18)22-17(23)11-13-7-9-15(21)10-8-13/h2-10,12H,11H2,1H3,(H,22,23). The number of esters is 1. The van der Waals surface area contributed by atoms with Gasteiger partial charge in [0.15, 0.2) is 0 Å². The molecule has 1 heterocycles. The predicted octanol–water partition coefficient (Wildman–Crippen LogP) is 5.04. The molecule has 0 spiro atoms. The van der Waals surface area contributed by atoms with Gasteiger partial charge in [0.2, 0.25) is 5.91 Å². The van der Waals surface area contributed by atoms with Crippen LogP contribution in [0.1, 0.15) is 15.9 Å². The van der Waals surface area contributed by atoms with E-state index in [0.717, 1.165) is 16.7 Å². The first-order valence-electron chi connectivity index (χ1n) is 7.88. The van der Waals surface area contributed by atoms with Gasteiger partial charge >= 0.3 is 5.97 Å². The number of hydrogen-bond acceptors (Lipinski definition) is 4. The molecule has 26 heavy (non-hydrogen) atoms. The number of halogens is 1. The van der Waals surface area contributed by atoms with Gasteiger partial charge in [0.05, 0.1) is 13.5 Å². The zero-order chi connectivity index (χ0) is 18.5. The highest BCUT2D eigenvalue weighted by Crippen LogP contribution is 2.36. The molecule has 0 saturated heterocycles. The molecule has 3 rings (SSSR count).